The second kappa shape index (κ2) is 14.5. The Labute approximate surface area is 406 Å². The Hall–Kier alpha value is -8.56. The van der Waals surface area contributed by atoms with Crippen LogP contribution in [0.25, 0.3) is 143 Å². The number of para-hydroxylation sites is 1. The van der Waals surface area contributed by atoms with Gasteiger partial charge in [-0.1, -0.05) is 170 Å². The topological polar surface area (TPSA) is 38.0 Å². The third kappa shape index (κ3) is 5.19. The number of hydrogen-bond acceptors (Lipinski definition) is 4. The number of nitriles is 1. The third-order valence-corrected chi connectivity index (χ3v) is 17.8. The van der Waals surface area contributed by atoms with Gasteiger partial charge in [-0.3, -0.25) is 0 Å². The normalized spacial score (nSPS) is 12.0. The standard InChI is InChI=1S/C62H32N4S3/c1-64-54-47(34-63)52(35-16-4-2-5-17-35)58(66-56-42(29-32-45-39-22-10-14-26-50(39)68-61(45)56)43-30-33-46-40-23-11-15-27-51(40)69-62(46)57(43)66)59(53(54)36-18-6-3-7-19-36)65-48-24-12-8-20-37(48)41-28-31-44-38-21-9-13-25-49(38)67-60(44)55(41)65/h2-33H. The van der Waals surface area contributed by atoms with E-state index in [4.69, 9.17) is 0 Å². The molecule has 0 saturated carbocycles. The minimum Gasteiger partial charge on any atom is -0.306 e. The first kappa shape index (κ1) is 38.5. The van der Waals surface area contributed by atoms with Gasteiger partial charge in [-0.05, 0) is 35.4 Å². The Bertz CT molecular complexity index is 4670. The molecule has 0 aliphatic rings. The minimum atomic E-state index is 0.329. The molecule has 7 heteroatoms. The van der Waals surface area contributed by atoms with E-state index in [1.165, 1.54) is 60.5 Å². The van der Waals surface area contributed by atoms with E-state index in [1.54, 1.807) is 0 Å². The number of fused-ring (bicyclic) bond motifs is 18. The zero-order chi connectivity index (χ0) is 45.5. The highest BCUT2D eigenvalue weighted by atomic mass is 32.1. The largest absolute Gasteiger partial charge is 0.306 e. The summed E-state index contributed by atoms with van der Waals surface area (Å²) >= 11 is 5.46. The molecule has 0 spiro atoms. The Morgan fingerprint density at radius 1 is 0.377 bits per heavy atom. The number of rotatable bonds is 4. The molecule has 0 radical (unpaired) electrons. The van der Waals surface area contributed by atoms with Crippen LogP contribution in [-0.4, -0.2) is 9.13 Å². The number of benzene rings is 10. The van der Waals surface area contributed by atoms with Gasteiger partial charge in [-0.2, -0.15) is 5.26 Å². The van der Waals surface area contributed by atoms with Crippen LogP contribution in [0.2, 0.25) is 0 Å². The number of aromatic nitrogens is 2. The van der Waals surface area contributed by atoms with Crippen molar-refractivity contribution in [2.24, 2.45) is 0 Å². The van der Waals surface area contributed by atoms with Gasteiger partial charge in [0.05, 0.1) is 65.7 Å². The molecule has 0 unspecified atom stereocenters. The fraction of sp³-hybridized carbons (Fsp3) is 0. The van der Waals surface area contributed by atoms with E-state index in [-0.39, 0.29) is 0 Å². The molecule has 0 bridgehead atoms. The highest BCUT2D eigenvalue weighted by molar-refractivity contribution is 7.27. The van der Waals surface area contributed by atoms with Crippen LogP contribution in [-0.2, 0) is 0 Å². The molecule has 4 nitrogen and oxygen atoms in total. The first-order valence-electron chi connectivity index (χ1n) is 22.9. The highest BCUT2D eigenvalue weighted by Crippen LogP contribution is 2.55. The maximum absolute atomic E-state index is 11.8. The monoisotopic (exact) mass is 928 g/mol. The molecule has 0 aliphatic carbocycles. The van der Waals surface area contributed by atoms with Crippen molar-refractivity contribution in [3.63, 3.8) is 0 Å². The fourth-order valence-electron chi connectivity index (χ4n) is 11.4. The highest BCUT2D eigenvalue weighted by Gasteiger charge is 2.33. The third-order valence-electron chi connectivity index (χ3n) is 14.2. The molecule has 15 rings (SSSR count). The Balaban J connectivity index is 1.30. The van der Waals surface area contributed by atoms with E-state index in [1.807, 2.05) is 70.4 Å². The Morgan fingerprint density at radius 2 is 0.754 bits per heavy atom. The number of nitrogens with zero attached hydrogens (tertiary/aromatic N) is 4. The molecule has 0 fully saturated rings. The second-order valence-electron chi connectivity index (χ2n) is 17.6. The maximum Gasteiger partial charge on any atom is 0.215 e. The summed E-state index contributed by atoms with van der Waals surface area (Å²) in [5.74, 6) is 0. The van der Waals surface area contributed by atoms with Gasteiger partial charge >= 0.3 is 0 Å². The van der Waals surface area contributed by atoms with Gasteiger partial charge in [-0.15, -0.1) is 34.0 Å². The molecule has 10 aromatic carbocycles. The van der Waals surface area contributed by atoms with E-state index in [9.17, 15) is 11.8 Å². The molecule has 0 saturated heterocycles. The quantitative estimate of drug-likeness (QED) is 0.162. The van der Waals surface area contributed by atoms with Gasteiger partial charge in [0.15, 0.2) is 0 Å². The maximum atomic E-state index is 11.8. The van der Waals surface area contributed by atoms with Crippen LogP contribution in [0.5, 0.6) is 0 Å². The molecule has 0 amide bonds. The van der Waals surface area contributed by atoms with Gasteiger partial charge < -0.3 is 9.13 Å². The van der Waals surface area contributed by atoms with Crippen LogP contribution in [0.1, 0.15) is 5.56 Å². The SMILES string of the molecule is [C-]#[N+]c1c(C#N)c(-c2ccccc2)c(-n2c3c(ccc4c5ccccc5sc43)c3ccc4c5ccccc5sc4c32)c(-n2c3ccccc3c3ccc4c5ccccc5sc4c32)c1-c1ccccc1. The van der Waals surface area contributed by atoms with E-state index in [0.717, 1.165) is 77.2 Å². The summed E-state index contributed by atoms with van der Waals surface area (Å²) in [5.41, 5.74) is 9.84. The van der Waals surface area contributed by atoms with Crippen LogP contribution in [0.15, 0.2) is 194 Å². The van der Waals surface area contributed by atoms with Crippen LogP contribution in [0.3, 0.4) is 0 Å². The van der Waals surface area contributed by atoms with E-state index < -0.39 is 0 Å². The summed E-state index contributed by atoms with van der Waals surface area (Å²) in [6, 6.07) is 72.0. The molecular formula is C62H32N4S3. The average Bonchev–Trinajstić information content (AvgIpc) is 4.23. The summed E-state index contributed by atoms with van der Waals surface area (Å²) in [7, 11) is 0. The lowest BCUT2D eigenvalue weighted by Gasteiger charge is -2.26. The molecule has 0 N–H and O–H groups in total. The van der Waals surface area contributed by atoms with Crippen molar-refractivity contribution in [2.45, 2.75) is 0 Å². The smallest absolute Gasteiger partial charge is 0.215 e. The van der Waals surface area contributed by atoms with Gasteiger partial charge in [0.2, 0.25) is 5.69 Å². The van der Waals surface area contributed by atoms with Crippen molar-refractivity contribution in [1.82, 2.24) is 9.13 Å². The lowest BCUT2D eigenvalue weighted by atomic mass is 9.88. The summed E-state index contributed by atoms with van der Waals surface area (Å²) in [4.78, 5) is 4.45. The van der Waals surface area contributed by atoms with E-state index >= 15 is 0 Å². The van der Waals surface area contributed by atoms with Gasteiger partial charge in [0.25, 0.3) is 0 Å². The summed E-state index contributed by atoms with van der Waals surface area (Å²) in [6.45, 7) is 9.20. The van der Waals surface area contributed by atoms with Crippen molar-refractivity contribution < 1.29 is 0 Å². The molecule has 0 atom stereocenters. The predicted molar refractivity (Wildman–Crippen MR) is 296 cm³/mol. The van der Waals surface area contributed by atoms with E-state index in [0.29, 0.717) is 11.3 Å². The first-order valence-corrected chi connectivity index (χ1v) is 25.3. The van der Waals surface area contributed by atoms with Gasteiger partial charge in [-0.25, -0.2) is 4.85 Å². The molecule has 318 valence electrons. The summed E-state index contributed by atoms with van der Waals surface area (Å²) in [6.07, 6.45) is 0. The zero-order valence-electron chi connectivity index (χ0n) is 36.5. The van der Waals surface area contributed by atoms with Crippen molar-refractivity contribution in [3.05, 3.63) is 211 Å². The first-order chi connectivity index (χ1) is 34.2. The van der Waals surface area contributed by atoms with E-state index in [2.05, 4.69) is 178 Å². The molecule has 0 aliphatic heterocycles. The van der Waals surface area contributed by atoms with Gasteiger partial charge in [0, 0.05) is 79.1 Å². The lowest BCUT2D eigenvalue weighted by molar-refractivity contribution is 1.11. The molecular weight excluding hydrogens is 897 g/mol. The molecule has 15 aromatic rings. The zero-order valence-corrected chi connectivity index (χ0v) is 38.9. The van der Waals surface area contributed by atoms with Crippen LogP contribution in [0, 0.1) is 17.9 Å². The fourth-order valence-corrected chi connectivity index (χ4v) is 15.1. The van der Waals surface area contributed by atoms with Gasteiger partial charge in [0.1, 0.15) is 0 Å². The molecule has 5 heterocycles. The molecule has 5 aromatic heterocycles. The number of thiophene rings is 3. The van der Waals surface area contributed by atoms with Crippen molar-refractivity contribution in [1.29, 1.82) is 5.26 Å². The van der Waals surface area contributed by atoms with Crippen molar-refractivity contribution in [2.75, 3.05) is 0 Å². The van der Waals surface area contributed by atoms with Crippen LogP contribution in [0.4, 0.5) is 5.69 Å². The van der Waals surface area contributed by atoms with Crippen LogP contribution >= 0.6 is 34.0 Å². The summed E-state index contributed by atoms with van der Waals surface area (Å²) in [5, 5.41) is 23.6. The Kier molecular flexibility index (Phi) is 8.08. The average molecular weight is 929 g/mol. The summed E-state index contributed by atoms with van der Waals surface area (Å²) < 4.78 is 12.2. The van der Waals surface area contributed by atoms with Crippen molar-refractivity contribution in [3.8, 4) is 39.7 Å². The Morgan fingerprint density at radius 3 is 1.23 bits per heavy atom. The second-order valence-corrected chi connectivity index (χ2v) is 20.8. The molecule has 69 heavy (non-hydrogen) atoms. The lowest BCUT2D eigenvalue weighted by Crippen LogP contribution is -2.10. The predicted octanol–water partition coefficient (Wildman–Crippen LogP) is 18.7. The minimum absolute atomic E-state index is 0.329. The van der Waals surface area contributed by atoms with Crippen molar-refractivity contribution >= 4 is 144 Å². The van der Waals surface area contributed by atoms with Crippen LogP contribution < -0.4 is 0 Å². The number of hydrogen-bond donors (Lipinski definition) is 0.